The van der Waals surface area contributed by atoms with Gasteiger partial charge < -0.3 is 44.4 Å². The topological polar surface area (TPSA) is 517 Å². The van der Waals surface area contributed by atoms with E-state index in [9.17, 15) is 71.0 Å². The molecule has 2 unspecified atom stereocenters. The number of ether oxygens (including phenoxy) is 2. The van der Waals surface area contributed by atoms with Gasteiger partial charge in [0.25, 0.3) is 11.1 Å². The molecule has 0 aliphatic carbocycles. The largest absolute Gasteiger partial charge is 0.490 e. The summed E-state index contributed by atoms with van der Waals surface area (Å²) in [4.78, 5) is 99.9. The summed E-state index contributed by atoms with van der Waals surface area (Å²) >= 11 is 13.8. The zero-order chi connectivity index (χ0) is 57.8. The number of hydrogen-bond donors (Lipinski definition) is 10. The Labute approximate surface area is 440 Å². The Morgan fingerprint density at radius 2 is 1.09 bits per heavy atom. The van der Waals surface area contributed by atoms with E-state index in [2.05, 4.69) is 92.3 Å². The van der Waals surface area contributed by atoms with Gasteiger partial charge in [-0.2, -0.15) is 42.4 Å². The van der Waals surface area contributed by atoms with E-state index in [4.69, 9.17) is 24.2 Å². The molecule has 10 atom stereocenters. The molecule has 37 nitrogen and oxygen atoms in total. The van der Waals surface area contributed by atoms with Crippen LogP contribution in [-0.4, -0.2) is 162 Å². The van der Waals surface area contributed by atoms with Crippen molar-refractivity contribution in [3.63, 3.8) is 0 Å². The van der Waals surface area contributed by atoms with Crippen molar-refractivity contribution in [1.82, 2.24) is 77.9 Å². The lowest BCUT2D eigenvalue weighted by atomic mass is 9.94. The molecule has 10 N–H and O–H groups in total. The second-order valence-electron chi connectivity index (χ2n) is 14.7. The first-order valence-electron chi connectivity index (χ1n) is 20.4. The number of aromatic amines is 3. The number of H-pyrrole nitrogens is 3. The van der Waals surface area contributed by atoms with Crippen LogP contribution >= 0.6 is 70.0 Å². The van der Waals surface area contributed by atoms with Crippen LogP contribution in [0.1, 0.15) is 39.1 Å². The quantitative estimate of drug-likeness (QED) is 0.0618. The Morgan fingerprint density at radius 1 is 0.675 bits per heavy atom. The maximum Gasteiger partial charge on any atom is 0.490 e. The van der Waals surface area contributed by atoms with Crippen molar-refractivity contribution < 1.29 is 89.1 Å². The first-order valence-corrected chi connectivity index (χ1v) is 30.9. The van der Waals surface area contributed by atoms with E-state index in [0.29, 0.717) is 4.57 Å². The van der Waals surface area contributed by atoms with Crippen molar-refractivity contribution in [2.45, 2.75) is 74.9 Å². The summed E-state index contributed by atoms with van der Waals surface area (Å²) in [5.74, 6) is 0. The molecule has 2 fully saturated rings. The lowest BCUT2D eigenvalue weighted by Gasteiger charge is -2.30. The van der Waals surface area contributed by atoms with Gasteiger partial charge in [-0.3, -0.25) is 42.9 Å². The Kier molecular flexibility index (Phi) is 22.7. The standard InChI is InChI=1S/C11H18FN2O14P3.C11H15FN2O5.C6H6N9OP.C2H3N3.Cl3OP/c1-2-11(5-25-30(21,22)28-31(23,24)27-29(18,19)20)8(16)7(12)9(26-11)14-4-3-6(15)13-10(14)17;1-2-11(5-15)8(17)7(12)9(19-11)14-4-3-6(16)13-10(14)18;16-17(13-4-7-1-10-13,14-5-8-2-11-14)15-6-9-3-12-15;1-3-2-5-4-1;1-5(2,3)4/h3-4,7-9,16H,2,5H2,1H3,(H,21,22)(H,23,24)(H,13,15,17)(H2,18,19,20);3-4,7-9,15,17H,2,5H2,1H3,(H,13,16,18);1-6H;1-2H,(H,3,4,5);/t2*7-,8+,9-,11-;;;/m11.../s1. The summed E-state index contributed by atoms with van der Waals surface area (Å²) in [5.41, 5.74) is -6.84. The highest BCUT2D eigenvalue weighted by Gasteiger charge is 2.57. The monoisotopic (exact) mass is 1260 g/mol. The van der Waals surface area contributed by atoms with Crippen LogP contribution in [0.2, 0.25) is 0 Å². The summed E-state index contributed by atoms with van der Waals surface area (Å²) in [7, 11) is -20.4. The van der Waals surface area contributed by atoms with E-state index in [1.807, 2.05) is 9.97 Å². The van der Waals surface area contributed by atoms with E-state index < -0.39 is 120 Å². The van der Waals surface area contributed by atoms with Crippen LogP contribution in [0.4, 0.5) is 8.78 Å². The highest BCUT2D eigenvalue weighted by molar-refractivity contribution is 8.24. The van der Waals surface area contributed by atoms with E-state index >= 15 is 0 Å². The normalized spacial score (nSPS) is 24.8. The van der Waals surface area contributed by atoms with Gasteiger partial charge in [-0.25, -0.2) is 56.6 Å². The number of aliphatic hydroxyl groups is 3. The molecule has 0 aromatic carbocycles. The van der Waals surface area contributed by atoms with Gasteiger partial charge in [-0.15, -0.1) is 0 Å². The van der Waals surface area contributed by atoms with Crippen molar-refractivity contribution in [2.75, 3.05) is 13.2 Å². The average Bonchev–Trinajstić information content (AvgIpc) is 4.21. The Morgan fingerprint density at radius 3 is 1.39 bits per heavy atom. The maximum absolute atomic E-state index is 14.7. The highest BCUT2D eigenvalue weighted by atomic mass is 36.0. The van der Waals surface area contributed by atoms with Crippen LogP contribution in [0.3, 0.4) is 0 Å². The van der Waals surface area contributed by atoms with E-state index in [1.165, 1.54) is 70.9 Å². The molecule has 8 rings (SSSR count). The number of aromatic nitrogens is 16. The Bertz CT molecular complexity index is 3180. The molecule has 6 aromatic rings. The third-order valence-corrected chi connectivity index (χ3v) is 15.9. The lowest BCUT2D eigenvalue weighted by Crippen LogP contribution is -2.45. The first kappa shape index (κ1) is 64.8. The number of rotatable bonds is 15. The van der Waals surface area contributed by atoms with Crippen LogP contribution in [0.5, 0.6) is 0 Å². The van der Waals surface area contributed by atoms with E-state index in [1.54, 1.807) is 6.92 Å². The molecule has 0 amide bonds. The number of hydrogen-bond acceptors (Lipinski definition) is 25. The Hall–Kier alpha value is -4.68. The van der Waals surface area contributed by atoms with Crippen molar-refractivity contribution in [3.8, 4) is 0 Å². The SMILES string of the molecule is CC[C@]1(CO)O[C@@H](n2ccc(=O)[nH]c2=O)[C@H](F)[C@@H]1O.CC[C@]1(COP(=O)(O)OP(=O)(O)OP(=O)(O)O)O[C@@H](n2ccc(=O)[nH]c2=O)[C@H](F)[C@@H]1O.O=P(Cl)(Cl)Cl.O=P(n1cncn1)(n1cncn1)n1cncn1.c1nc[nH]n1. The van der Waals surface area contributed by atoms with Crippen LogP contribution in [0.15, 0.2) is 94.3 Å². The zero-order valence-electron chi connectivity index (χ0n) is 38.5. The average molecular weight is 1260 g/mol. The van der Waals surface area contributed by atoms with Crippen LogP contribution in [0.25, 0.3) is 0 Å². The molecule has 77 heavy (non-hydrogen) atoms. The fourth-order valence-corrected chi connectivity index (χ4v) is 11.1. The third kappa shape index (κ3) is 17.7. The molecular weight excluding hydrogens is 1220 g/mol. The molecule has 6 aromatic heterocycles. The highest BCUT2D eigenvalue weighted by Crippen LogP contribution is 2.66. The van der Waals surface area contributed by atoms with Gasteiger partial charge >= 0.3 is 47.6 Å². The molecule has 2 aliphatic heterocycles. The fraction of sp³-hybridized carbons (Fsp3) is 0.467. The summed E-state index contributed by atoms with van der Waals surface area (Å²) in [6, 6.07) is 1.93. The van der Waals surface area contributed by atoms with Gasteiger partial charge in [0.05, 0.1) is 13.2 Å². The predicted molar refractivity (Wildman–Crippen MR) is 253 cm³/mol. The van der Waals surface area contributed by atoms with E-state index in [-0.39, 0.29) is 12.8 Å². The van der Waals surface area contributed by atoms with Crippen molar-refractivity contribution in [1.29, 1.82) is 0 Å². The Balaban J connectivity index is 0.000000237. The van der Waals surface area contributed by atoms with Gasteiger partial charge in [0.1, 0.15) is 74.0 Å². The van der Waals surface area contributed by atoms with Crippen molar-refractivity contribution in [2.24, 2.45) is 0 Å². The molecule has 2 aliphatic rings. The van der Waals surface area contributed by atoms with Gasteiger partial charge in [0.15, 0.2) is 24.8 Å². The van der Waals surface area contributed by atoms with E-state index in [0.717, 1.165) is 29.1 Å². The number of halogens is 5. The number of aliphatic hydroxyl groups excluding tert-OH is 3. The van der Waals surface area contributed by atoms with Gasteiger partial charge in [-0.1, -0.05) is 13.8 Å². The number of phosphoric ester groups is 1. The number of nitrogens with one attached hydrogen (secondary N) is 3. The zero-order valence-corrected chi connectivity index (χ0v) is 45.2. The molecular formula is C30H42Cl3F2N16O21P5. The minimum absolute atomic E-state index is 0.180. The smallest absolute Gasteiger partial charge is 0.393 e. The molecule has 2 saturated heterocycles. The molecule has 47 heteroatoms. The number of alkyl halides is 2. The summed E-state index contributed by atoms with van der Waals surface area (Å²) < 4.78 is 112. The minimum Gasteiger partial charge on any atom is -0.393 e. The number of phosphoric acid groups is 3. The molecule has 8 heterocycles. The first-order chi connectivity index (χ1) is 35.8. The van der Waals surface area contributed by atoms with Crippen LogP contribution in [-0.2, 0) is 45.4 Å². The lowest BCUT2D eigenvalue weighted by molar-refractivity contribution is -0.130. The fourth-order valence-electron chi connectivity index (χ4n) is 6.32. The molecule has 0 bridgehead atoms. The van der Waals surface area contributed by atoms with Crippen LogP contribution < -0.4 is 22.5 Å². The van der Waals surface area contributed by atoms with Crippen molar-refractivity contribution >= 4 is 70.0 Å². The predicted octanol–water partition coefficient (Wildman–Crippen LogP) is 0.291. The second kappa shape index (κ2) is 27.0. The number of nitrogens with zero attached hydrogens (tertiary/aromatic N) is 13. The summed E-state index contributed by atoms with van der Waals surface area (Å²) in [5, 5.41) is 43.7. The minimum atomic E-state index is -5.78. The van der Waals surface area contributed by atoms with Gasteiger partial charge in [0, 0.05) is 24.5 Å². The van der Waals surface area contributed by atoms with Crippen LogP contribution in [0, 0.1) is 0 Å². The third-order valence-electron chi connectivity index (χ3n) is 9.89. The summed E-state index contributed by atoms with van der Waals surface area (Å²) in [6.07, 6.45) is 1.71. The molecule has 0 radical (unpaired) electrons. The second-order valence-corrected chi connectivity index (χ2v) is 28.0. The van der Waals surface area contributed by atoms with Gasteiger partial charge in [-0.05, 0) is 46.6 Å². The molecule has 428 valence electrons. The van der Waals surface area contributed by atoms with Crippen molar-refractivity contribution in [3.05, 3.63) is 117 Å². The molecule has 0 spiro atoms. The summed E-state index contributed by atoms with van der Waals surface area (Å²) in [6.45, 7) is 1.27. The van der Waals surface area contributed by atoms with Gasteiger partial charge in [0.2, 0.25) is 0 Å². The molecule has 0 saturated carbocycles. The maximum atomic E-state index is 14.7.